The summed E-state index contributed by atoms with van der Waals surface area (Å²) in [6.45, 7) is 3.92. The lowest BCUT2D eigenvalue weighted by molar-refractivity contribution is -0.130. The number of rotatable bonds is 5. The monoisotopic (exact) mass is 263 g/mol. The molecule has 3 nitrogen and oxygen atoms in total. The van der Waals surface area contributed by atoms with Crippen molar-refractivity contribution in [2.24, 2.45) is 5.92 Å². The van der Waals surface area contributed by atoms with Crippen molar-refractivity contribution in [3.8, 4) is 0 Å². The van der Waals surface area contributed by atoms with E-state index in [9.17, 15) is 18.7 Å². The fourth-order valence-corrected chi connectivity index (χ4v) is 2.20. The zero-order chi connectivity index (χ0) is 13.8. The van der Waals surface area contributed by atoms with Gasteiger partial charge in [-0.1, -0.05) is 13.8 Å². The Morgan fingerprint density at radius 2 is 1.83 bits per heavy atom. The summed E-state index contributed by atoms with van der Waals surface area (Å²) in [7, 11) is 0. The van der Waals surface area contributed by atoms with Gasteiger partial charge in [0, 0.05) is 25.3 Å². The maximum atomic E-state index is 13.0. The highest BCUT2D eigenvalue weighted by Crippen LogP contribution is 2.36. The van der Waals surface area contributed by atoms with Crippen molar-refractivity contribution in [2.45, 2.75) is 63.9 Å². The van der Waals surface area contributed by atoms with Crippen LogP contribution in [0.15, 0.2) is 0 Å². The van der Waals surface area contributed by atoms with Gasteiger partial charge in [-0.25, -0.2) is 8.78 Å². The quantitative estimate of drug-likeness (QED) is 0.800. The number of hydrogen-bond acceptors (Lipinski definition) is 2. The largest absolute Gasteiger partial charge is 0.388 e. The number of halogens is 2. The molecule has 0 unspecified atom stereocenters. The van der Waals surface area contributed by atoms with Gasteiger partial charge in [-0.3, -0.25) is 4.79 Å². The predicted octanol–water partition coefficient (Wildman–Crippen LogP) is 2.48. The van der Waals surface area contributed by atoms with Gasteiger partial charge in [-0.05, 0) is 25.7 Å². The highest BCUT2D eigenvalue weighted by atomic mass is 19.3. The molecule has 0 aliphatic heterocycles. The number of carbonyl (C=O) groups is 1. The zero-order valence-electron chi connectivity index (χ0n) is 11.1. The Hall–Kier alpha value is -0.710. The van der Waals surface area contributed by atoms with Crippen molar-refractivity contribution < 1.29 is 18.7 Å². The summed E-state index contributed by atoms with van der Waals surface area (Å²) in [4.78, 5) is 11.8. The second-order valence-corrected chi connectivity index (χ2v) is 5.28. The third kappa shape index (κ3) is 4.19. The molecule has 0 aromatic carbocycles. The molecule has 0 heterocycles. The molecule has 0 saturated heterocycles. The molecule has 1 saturated carbocycles. The van der Waals surface area contributed by atoms with Crippen molar-refractivity contribution in [2.75, 3.05) is 6.54 Å². The SMILES string of the molecule is CCC(O)(CC)CNC(=O)C1CCC(F)(F)CC1. The Labute approximate surface area is 107 Å². The van der Waals surface area contributed by atoms with Gasteiger partial charge >= 0.3 is 0 Å². The number of nitrogens with one attached hydrogen (secondary N) is 1. The summed E-state index contributed by atoms with van der Waals surface area (Å²) in [6.07, 6.45) is 1.16. The molecule has 0 radical (unpaired) electrons. The Morgan fingerprint density at radius 1 is 1.33 bits per heavy atom. The molecule has 1 aliphatic rings. The number of amides is 1. The average molecular weight is 263 g/mol. The molecule has 0 aromatic heterocycles. The van der Waals surface area contributed by atoms with Crippen LogP contribution in [0.25, 0.3) is 0 Å². The Morgan fingerprint density at radius 3 is 2.28 bits per heavy atom. The Balaban J connectivity index is 2.38. The minimum Gasteiger partial charge on any atom is -0.388 e. The topological polar surface area (TPSA) is 49.3 Å². The van der Waals surface area contributed by atoms with Crippen LogP contribution in [0, 0.1) is 5.92 Å². The van der Waals surface area contributed by atoms with Crippen LogP contribution in [0.4, 0.5) is 8.78 Å². The minimum absolute atomic E-state index is 0.200. The predicted molar refractivity (Wildman–Crippen MR) is 65.4 cm³/mol. The fraction of sp³-hybridized carbons (Fsp3) is 0.923. The van der Waals surface area contributed by atoms with E-state index in [0.717, 1.165) is 0 Å². The van der Waals surface area contributed by atoms with Gasteiger partial charge in [0.1, 0.15) is 0 Å². The lowest BCUT2D eigenvalue weighted by Gasteiger charge is -2.30. The molecule has 106 valence electrons. The molecule has 0 atom stereocenters. The fourth-order valence-electron chi connectivity index (χ4n) is 2.20. The normalized spacial score (nSPS) is 20.7. The van der Waals surface area contributed by atoms with Gasteiger partial charge in [0.15, 0.2) is 0 Å². The van der Waals surface area contributed by atoms with Gasteiger partial charge in [0.2, 0.25) is 11.8 Å². The van der Waals surface area contributed by atoms with E-state index in [4.69, 9.17) is 0 Å². The second-order valence-electron chi connectivity index (χ2n) is 5.28. The summed E-state index contributed by atoms with van der Waals surface area (Å²) in [5.74, 6) is -3.14. The number of alkyl halides is 2. The van der Waals surface area contributed by atoms with E-state index in [1.807, 2.05) is 13.8 Å². The van der Waals surface area contributed by atoms with Crippen LogP contribution in [0.3, 0.4) is 0 Å². The Kier molecular flexibility index (Phi) is 5.08. The molecule has 1 rings (SSSR count). The van der Waals surface area contributed by atoms with Gasteiger partial charge in [-0.15, -0.1) is 0 Å². The van der Waals surface area contributed by atoms with E-state index in [0.29, 0.717) is 12.8 Å². The minimum atomic E-state index is -2.61. The van der Waals surface area contributed by atoms with Gasteiger partial charge in [0.25, 0.3) is 0 Å². The molecular formula is C13H23F2NO2. The molecule has 5 heteroatoms. The van der Waals surface area contributed by atoms with Crippen LogP contribution in [0.2, 0.25) is 0 Å². The van der Waals surface area contributed by atoms with E-state index in [-0.39, 0.29) is 44.1 Å². The van der Waals surface area contributed by atoms with Crippen LogP contribution in [-0.2, 0) is 4.79 Å². The lowest BCUT2D eigenvalue weighted by atomic mass is 9.86. The first-order valence-electron chi connectivity index (χ1n) is 6.70. The van der Waals surface area contributed by atoms with Crippen molar-refractivity contribution in [1.82, 2.24) is 5.32 Å². The maximum absolute atomic E-state index is 13.0. The number of carbonyl (C=O) groups excluding carboxylic acids is 1. The van der Waals surface area contributed by atoms with Crippen LogP contribution in [0.5, 0.6) is 0 Å². The second kappa shape index (κ2) is 5.95. The molecule has 1 fully saturated rings. The van der Waals surface area contributed by atoms with Crippen molar-refractivity contribution in [3.63, 3.8) is 0 Å². The first-order chi connectivity index (χ1) is 8.32. The first-order valence-corrected chi connectivity index (χ1v) is 6.70. The van der Waals surface area contributed by atoms with E-state index >= 15 is 0 Å². The number of aliphatic hydroxyl groups is 1. The smallest absolute Gasteiger partial charge is 0.248 e. The van der Waals surface area contributed by atoms with E-state index in [2.05, 4.69) is 5.32 Å². The van der Waals surface area contributed by atoms with Crippen LogP contribution < -0.4 is 5.32 Å². The highest BCUT2D eigenvalue weighted by Gasteiger charge is 2.37. The standard InChI is InChI=1S/C13H23F2NO2/c1-3-12(18,4-2)9-16-11(17)10-5-7-13(14,15)8-6-10/h10,18H,3-9H2,1-2H3,(H,16,17). The summed E-state index contributed by atoms with van der Waals surface area (Å²) in [6, 6.07) is 0. The lowest BCUT2D eigenvalue weighted by Crippen LogP contribution is -2.45. The molecule has 1 aliphatic carbocycles. The summed E-state index contributed by atoms with van der Waals surface area (Å²) in [5, 5.41) is 12.7. The van der Waals surface area contributed by atoms with Crippen LogP contribution in [-0.4, -0.2) is 29.1 Å². The van der Waals surface area contributed by atoms with E-state index in [1.54, 1.807) is 0 Å². The van der Waals surface area contributed by atoms with Gasteiger partial charge in [0.05, 0.1) is 5.60 Å². The molecule has 2 N–H and O–H groups in total. The van der Waals surface area contributed by atoms with E-state index < -0.39 is 11.5 Å². The van der Waals surface area contributed by atoms with E-state index in [1.165, 1.54) is 0 Å². The molecule has 0 spiro atoms. The third-order valence-electron chi connectivity index (χ3n) is 4.00. The summed E-state index contributed by atoms with van der Waals surface area (Å²) < 4.78 is 25.9. The molecule has 0 bridgehead atoms. The molecule has 1 amide bonds. The summed E-state index contributed by atoms with van der Waals surface area (Å²) >= 11 is 0. The van der Waals surface area contributed by atoms with Crippen LogP contribution >= 0.6 is 0 Å². The van der Waals surface area contributed by atoms with Crippen molar-refractivity contribution in [1.29, 1.82) is 0 Å². The van der Waals surface area contributed by atoms with Crippen molar-refractivity contribution >= 4 is 5.91 Å². The zero-order valence-corrected chi connectivity index (χ0v) is 11.1. The summed E-state index contributed by atoms with van der Waals surface area (Å²) in [5.41, 5.74) is -0.881. The maximum Gasteiger partial charge on any atom is 0.248 e. The Bertz CT molecular complexity index is 281. The van der Waals surface area contributed by atoms with Gasteiger partial charge < -0.3 is 10.4 Å². The average Bonchev–Trinajstić information content (AvgIpc) is 2.35. The first kappa shape index (κ1) is 15.3. The third-order valence-corrected chi connectivity index (χ3v) is 4.00. The van der Waals surface area contributed by atoms with Crippen molar-refractivity contribution in [3.05, 3.63) is 0 Å². The number of hydrogen-bond donors (Lipinski definition) is 2. The molecule has 0 aromatic rings. The molecular weight excluding hydrogens is 240 g/mol. The highest BCUT2D eigenvalue weighted by molar-refractivity contribution is 5.78. The van der Waals surface area contributed by atoms with Crippen LogP contribution in [0.1, 0.15) is 52.4 Å². The molecule has 18 heavy (non-hydrogen) atoms. The van der Waals surface area contributed by atoms with Gasteiger partial charge in [-0.2, -0.15) is 0 Å².